The van der Waals surface area contributed by atoms with Crippen molar-refractivity contribution in [3.05, 3.63) is 78.0 Å². The van der Waals surface area contributed by atoms with Gasteiger partial charge in [-0.1, -0.05) is 18.2 Å². The number of anilines is 2. The quantitative estimate of drug-likeness (QED) is 0.553. The number of nitrogens with one attached hydrogen (secondary N) is 1. The molecule has 0 aliphatic carbocycles. The predicted molar refractivity (Wildman–Crippen MR) is 99.9 cm³/mol. The van der Waals surface area contributed by atoms with Gasteiger partial charge in [-0.05, 0) is 53.6 Å². The second-order valence-corrected chi connectivity index (χ2v) is 5.97. The van der Waals surface area contributed by atoms with Crippen LogP contribution in [0.2, 0.25) is 0 Å². The number of hydrogen-bond donors (Lipinski definition) is 2. The van der Waals surface area contributed by atoms with Gasteiger partial charge in [-0.15, -0.1) is 5.10 Å². The van der Waals surface area contributed by atoms with Gasteiger partial charge in [-0.25, -0.2) is 13.7 Å². The van der Waals surface area contributed by atoms with Gasteiger partial charge >= 0.3 is 5.97 Å². The molecule has 0 amide bonds. The summed E-state index contributed by atoms with van der Waals surface area (Å²) in [6, 6.07) is 17.3. The summed E-state index contributed by atoms with van der Waals surface area (Å²) in [7, 11) is 0. The number of halogens is 1. The lowest BCUT2D eigenvalue weighted by Crippen LogP contribution is -1.97. The monoisotopic (exact) mass is 362 g/mol. The molecule has 2 heterocycles. The molecular formula is C20H15FN4O2. The average molecular weight is 362 g/mol. The lowest BCUT2D eigenvalue weighted by Gasteiger charge is -2.04. The fourth-order valence-electron chi connectivity index (χ4n) is 2.83. The van der Waals surface area contributed by atoms with Crippen LogP contribution in [0.4, 0.5) is 16.0 Å². The SMILES string of the molecule is O=C(O)c1ccc(Nc2nc3c(-c4cccc(CF)c4)cccn3n2)cc1. The van der Waals surface area contributed by atoms with Gasteiger partial charge in [0.15, 0.2) is 5.65 Å². The van der Waals surface area contributed by atoms with Crippen LogP contribution in [0, 0.1) is 0 Å². The van der Waals surface area contributed by atoms with Crippen molar-refractivity contribution in [2.45, 2.75) is 6.67 Å². The molecule has 0 fully saturated rings. The molecule has 0 bridgehead atoms. The van der Waals surface area contributed by atoms with Crippen LogP contribution in [0.15, 0.2) is 66.9 Å². The highest BCUT2D eigenvalue weighted by atomic mass is 19.1. The number of carbonyl (C=O) groups is 1. The van der Waals surface area contributed by atoms with Crippen LogP contribution in [-0.4, -0.2) is 25.7 Å². The normalized spacial score (nSPS) is 10.9. The number of benzene rings is 2. The third-order valence-corrected chi connectivity index (χ3v) is 4.14. The topological polar surface area (TPSA) is 79.5 Å². The van der Waals surface area contributed by atoms with Crippen molar-refractivity contribution in [2.75, 3.05) is 5.32 Å². The van der Waals surface area contributed by atoms with Crippen LogP contribution in [0.1, 0.15) is 15.9 Å². The third kappa shape index (κ3) is 3.35. The summed E-state index contributed by atoms with van der Waals surface area (Å²) in [6.45, 7) is -0.525. The number of hydrogen-bond acceptors (Lipinski definition) is 4. The van der Waals surface area contributed by atoms with E-state index in [1.54, 1.807) is 35.0 Å². The number of aromatic carboxylic acids is 1. The molecule has 0 unspecified atom stereocenters. The Kier molecular flexibility index (Phi) is 4.25. The minimum Gasteiger partial charge on any atom is -0.478 e. The second-order valence-electron chi connectivity index (χ2n) is 5.97. The lowest BCUT2D eigenvalue weighted by molar-refractivity contribution is 0.0697. The first-order chi connectivity index (χ1) is 13.1. The highest BCUT2D eigenvalue weighted by Crippen LogP contribution is 2.26. The minimum atomic E-state index is -0.979. The zero-order valence-electron chi connectivity index (χ0n) is 14.1. The molecule has 0 saturated carbocycles. The number of carboxylic acids is 1. The maximum absolute atomic E-state index is 13.0. The van der Waals surface area contributed by atoms with Crippen LogP contribution in [0.3, 0.4) is 0 Å². The Morgan fingerprint density at radius 3 is 2.67 bits per heavy atom. The first-order valence-corrected chi connectivity index (χ1v) is 8.25. The van der Waals surface area contributed by atoms with Crippen molar-refractivity contribution < 1.29 is 14.3 Å². The van der Waals surface area contributed by atoms with E-state index in [9.17, 15) is 9.18 Å². The largest absolute Gasteiger partial charge is 0.478 e. The number of carboxylic acid groups (broad SMARTS) is 1. The molecule has 0 radical (unpaired) electrons. The number of fused-ring (bicyclic) bond motifs is 1. The second kappa shape index (κ2) is 6.87. The molecule has 0 spiro atoms. The Hall–Kier alpha value is -3.74. The van der Waals surface area contributed by atoms with Gasteiger partial charge in [0.25, 0.3) is 0 Å². The minimum absolute atomic E-state index is 0.207. The van der Waals surface area contributed by atoms with Crippen molar-refractivity contribution >= 4 is 23.3 Å². The standard InChI is InChI=1S/C20H15FN4O2/c21-12-13-3-1-4-15(11-13)17-5-2-10-25-18(17)23-20(24-25)22-16-8-6-14(7-9-16)19(26)27/h1-11H,12H2,(H,22,24)(H,26,27). The van der Waals surface area contributed by atoms with Crippen LogP contribution in [0.25, 0.3) is 16.8 Å². The van der Waals surface area contributed by atoms with Gasteiger partial charge in [0.05, 0.1) is 5.56 Å². The number of rotatable bonds is 5. The van der Waals surface area contributed by atoms with E-state index in [0.29, 0.717) is 22.8 Å². The lowest BCUT2D eigenvalue weighted by atomic mass is 10.0. The van der Waals surface area contributed by atoms with Crippen molar-refractivity contribution in [1.29, 1.82) is 0 Å². The summed E-state index contributed by atoms with van der Waals surface area (Å²) < 4.78 is 14.6. The number of nitrogens with zero attached hydrogens (tertiary/aromatic N) is 3. The summed E-state index contributed by atoms with van der Waals surface area (Å²) in [5.41, 5.74) is 3.83. The Labute approximate surface area is 153 Å². The molecule has 0 atom stereocenters. The van der Waals surface area contributed by atoms with Crippen LogP contribution in [-0.2, 0) is 6.67 Å². The van der Waals surface area contributed by atoms with Crippen LogP contribution < -0.4 is 5.32 Å². The predicted octanol–water partition coefficient (Wildman–Crippen LogP) is 4.31. The number of aromatic nitrogens is 3. The maximum atomic E-state index is 13.0. The summed E-state index contributed by atoms with van der Waals surface area (Å²) in [6.07, 6.45) is 1.78. The van der Waals surface area contributed by atoms with Crippen LogP contribution in [0.5, 0.6) is 0 Å². The van der Waals surface area contributed by atoms with Crippen molar-refractivity contribution in [3.8, 4) is 11.1 Å². The summed E-state index contributed by atoms with van der Waals surface area (Å²) in [5.74, 6) is -0.597. The van der Waals surface area contributed by atoms with E-state index in [-0.39, 0.29) is 5.56 Å². The van der Waals surface area contributed by atoms with E-state index in [1.165, 1.54) is 12.1 Å². The fourth-order valence-corrected chi connectivity index (χ4v) is 2.83. The first-order valence-electron chi connectivity index (χ1n) is 8.25. The number of alkyl halides is 1. The van der Waals surface area contributed by atoms with E-state index in [0.717, 1.165) is 11.1 Å². The van der Waals surface area contributed by atoms with E-state index >= 15 is 0 Å². The zero-order valence-corrected chi connectivity index (χ0v) is 14.1. The van der Waals surface area contributed by atoms with Crippen molar-refractivity contribution in [3.63, 3.8) is 0 Å². The third-order valence-electron chi connectivity index (χ3n) is 4.14. The van der Waals surface area contributed by atoms with Crippen LogP contribution >= 0.6 is 0 Å². The van der Waals surface area contributed by atoms with E-state index in [4.69, 9.17) is 5.11 Å². The molecule has 2 aromatic heterocycles. The van der Waals surface area contributed by atoms with Gasteiger partial charge in [0.1, 0.15) is 6.67 Å². The summed E-state index contributed by atoms with van der Waals surface area (Å²) in [5, 5.41) is 16.4. The molecule has 6 nitrogen and oxygen atoms in total. The molecular weight excluding hydrogens is 347 g/mol. The van der Waals surface area contributed by atoms with Crippen molar-refractivity contribution in [1.82, 2.24) is 14.6 Å². The molecule has 27 heavy (non-hydrogen) atoms. The van der Waals surface area contributed by atoms with E-state index in [1.807, 2.05) is 24.3 Å². The highest BCUT2D eigenvalue weighted by Gasteiger charge is 2.11. The average Bonchev–Trinajstić information content (AvgIpc) is 3.10. The molecule has 4 aromatic rings. The zero-order chi connectivity index (χ0) is 18.8. The van der Waals surface area contributed by atoms with Crippen molar-refractivity contribution in [2.24, 2.45) is 0 Å². The molecule has 134 valence electrons. The molecule has 0 saturated heterocycles. The number of pyridine rings is 1. The molecule has 2 N–H and O–H groups in total. The molecule has 0 aliphatic rings. The summed E-state index contributed by atoms with van der Waals surface area (Å²) in [4.78, 5) is 15.5. The maximum Gasteiger partial charge on any atom is 0.335 e. The molecule has 2 aromatic carbocycles. The Morgan fingerprint density at radius 1 is 1.11 bits per heavy atom. The van der Waals surface area contributed by atoms with E-state index < -0.39 is 12.6 Å². The molecule has 7 heteroatoms. The Morgan fingerprint density at radius 2 is 1.93 bits per heavy atom. The fraction of sp³-hybridized carbons (Fsp3) is 0.0500. The van der Waals surface area contributed by atoms with E-state index in [2.05, 4.69) is 15.4 Å². The summed E-state index contributed by atoms with van der Waals surface area (Å²) >= 11 is 0. The van der Waals surface area contributed by atoms with Gasteiger partial charge in [-0.2, -0.15) is 4.98 Å². The molecule has 0 aliphatic heterocycles. The van der Waals surface area contributed by atoms with Gasteiger partial charge in [0, 0.05) is 17.4 Å². The van der Waals surface area contributed by atoms with Gasteiger partial charge in [-0.3, -0.25) is 0 Å². The Bertz CT molecular complexity index is 1120. The molecule has 4 rings (SSSR count). The van der Waals surface area contributed by atoms with Gasteiger partial charge in [0.2, 0.25) is 5.95 Å². The Balaban J connectivity index is 1.69. The van der Waals surface area contributed by atoms with Gasteiger partial charge < -0.3 is 10.4 Å². The highest BCUT2D eigenvalue weighted by molar-refractivity contribution is 5.88. The first kappa shape index (κ1) is 16.7. The smallest absolute Gasteiger partial charge is 0.335 e.